The van der Waals surface area contributed by atoms with Crippen molar-refractivity contribution in [2.24, 2.45) is 0 Å². The lowest BCUT2D eigenvalue weighted by atomic mass is 9.98. The molecule has 0 fully saturated rings. The van der Waals surface area contributed by atoms with E-state index in [2.05, 4.69) is 15.5 Å². The van der Waals surface area contributed by atoms with Crippen LogP contribution in [0.2, 0.25) is 5.02 Å². The van der Waals surface area contributed by atoms with E-state index in [4.69, 9.17) is 11.6 Å². The van der Waals surface area contributed by atoms with Crippen molar-refractivity contribution >= 4 is 17.4 Å². The number of benzene rings is 2. The second-order valence-corrected chi connectivity index (χ2v) is 5.16. The number of hydrogen-bond donors (Lipinski definition) is 0. The van der Waals surface area contributed by atoms with E-state index in [0.29, 0.717) is 16.3 Å². The molecule has 0 bridgehead atoms. The van der Waals surface area contributed by atoms with Gasteiger partial charge in [-0.05, 0) is 34.7 Å². The summed E-state index contributed by atoms with van der Waals surface area (Å²) in [5.74, 6) is -1.35. The number of nitrogens with zero attached hydrogens (tertiary/aromatic N) is 5. The number of hydrogen-bond acceptors (Lipinski definition) is 5. The van der Waals surface area contributed by atoms with Crippen molar-refractivity contribution in [2.75, 3.05) is 0 Å². The third kappa shape index (κ3) is 2.96. The molecule has 112 valence electrons. The van der Waals surface area contributed by atoms with E-state index in [1.54, 1.807) is 30.3 Å². The average Bonchev–Trinajstić information content (AvgIpc) is 3.05. The van der Waals surface area contributed by atoms with Gasteiger partial charge < -0.3 is 0 Å². The van der Waals surface area contributed by atoms with Crippen molar-refractivity contribution in [1.82, 2.24) is 20.2 Å². The van der Waals surface area contributed by atoms with Crippen LogP contribution in [0.1, 0.15) is 22.1 Å². The first-order chi connectivity index (χ1) is 11.2. The monoisotopic (exact) mass is 323 g/mol. The molecule has 3 rings (SSSR count). The van der Waals surface area contributed by atoms with Crippen molar-refractivity contribution in [1.29, 1.82) is 5.26 Å². The van der Waals surface area contributed by atoms with Crippen molar-refractivity contribution in [3.05, 3.63) is 71.0 Å². The second kappa shape index (κ2) is 6.38. The molecule has 3 aromatic rings. The van der Waals surface area contributed by atoms with Crippen LogP contribution >= 0.6 is 11.6 Å². The van der Waals surface area contributed by atoms with Crippen LogP contribution in [-0.2, 0) is 0 Å². The predicted octanol–water partition coefficient (Wildman–Crippen LogP) is 2.81. The fourth-order valence-corrected chi connectivity index (χ4v) is 2.36. The first kappa shape index (κ1) is 14.9. The molecule has 0 saturated carbocycles. The van der Waals surface area contributed by atoms with E-state index < -0.39 is 11.7 Å². The molecule has 6 nitrogen and oxygen atoms in total. The summed E-state index contributed by atoms with van der Waals surface area (Å²) < 4.78 is 1.39. The van der Waals surface area contributed by atoms with Gasteiger partial charge >= 0.3 is 0 Å². The molecule has 2 aromatic carbocycles. The van der Waals surface area contributed by atoms with Crippen LogP contribution < -0.4 is 0 Å². The molecule has 7 heteroatoms. The van der Waals surface area contributed by atoms with Gasteiger partial charge in [0.05, 0.1) is 11.8 Å². The minimum absolute atomic E-state index is 0.170. The lowest BCUT2D eigenvalue weighted by Crippen LogP contribution is -2.16. The molecule has 0 N–H and O–H groups in total. The Labute approximate surface area is 136 Å². The Morgan fingerprint density at radius 3 is 2.65 bits per heavy atom. The van der Waals surface area contributed by atoms with Gasteiger partial charge in [-0.1, -0.05) is 41.9 Å². The minimum atomic E-state index is -1.12. The van der Waals surface area contributed by atoms with Gasteiger partial charge in [-0.2, -0.15) is 9.94 Å². The number of para-hydroxylation sites is 1. The van der Waals surface area contributed by atoms with Gasteiger partial charge in [0.15, 0.2) is 17.5 Å². The SMILES string of the molecule is N#C[C@@H](C(=O)c1cccc(Cl)c1)c1nnnn1-c1ccccc1. The number of ketones is 1. The van der Waals surface area contributed by atoms with Crippen molar-refractivity contribution in [2.45, 2.75) is 5.92 Å². The van der Waals surface area contributed by atoms with Gasteiger partial charge in [0.25, 0.3) is 0 Å². The lowest BCUT2D eigenvalue weighted by Gasteiger charge is -2.09. The topological polar surface area (TPSA) is 84.5 Å². The highest BCUT2D eigenvalue weighted by Gasteiger charge is 2.28. The zero-order chi connectivity index (χ0) is 16.2. The summed E-state index contributed by atoms with van der Waals surface area (Å²) in [7, 11) is 0. The molecule has 0 unspecified atom stereocenters. The number of nitriles is 1. The lowest BCUT2D eigenvalue weighted by molar-refractivity contribution is 0.0975. The van der Waals surface area contributed by atoms with E-state index in [-0.39, 0.29) is 5.82 Å². The highest BCUT2D eigenvalue weighted by molar-refractivity contribution is 6.31. The molecule has 0 radical (unpaired) electrons. The summed E-state index contributed by atoms with van der Waals surface area (Å²) in [5, 5.41) is 21.2. The van der Waals surface area contributed by atoms with Crippen LogP contribution in [0.25, 0.3) is 5.69 Å². The number of Topliss-reactive ketones (excluding diaryl/α,β-unsaturated/α-hetero) is 1. The summed E-state index contributed by atoms with van der Waals surface area (Å²) in [6, 6.07) is 17.5. The van der Waals surface area contributed by atoms with Crippen LogP contribution in [0, 0.1) is 11.3 Å². The molecule has 1 heterocycles. The van der Waals surface area contributed by atoms with Crippen LogP contribution in [0.3, 0.4) is 0 Å². The fraction of sp³-hybridized carbons (Fsp3) is 0.0625. The molecule has 0 aliphatic carbocycles. The van der Waals surface area contributed by atoms with Crippen LogP contribution in [-0.4, -0.2) is 26.0 Å². The van der Waals surface area contributed by atoms with E-state index in [1.807, 2.05) is 24.3 Å². The number of carbonyl (C=O) groups is 1. The van der Waals surface area contributed by atoms with Gasteiger partial charge in [0.1, 0.15) is 0 Å². The molecule has 0 spiro atoms. The Morgan fingerprint density at radius 2 is 1.96 bits per heavy atom. The smallest absolute Gasteiger partial charge is 0.187 e. The summed E-state index contributed by atoms with van der Waals surface area (Å²) >= 11 is 5.91. The number of carbonyl (C=O) groups excluding carboxylic acids is 1. The third-order valence-electron chi connectivity index (χ3n) is 3.25. The number of aromatic nitrogens is 4. The molecule has 0 amide bonds. The number of tetrazole rings is 1. The van der Waals surface area contributed by atoms with Crippen LogP contribution in [0.15, 0.2) is 54.6 Å². The van der Waals surface area contributed by atoms with Gasteiger partial charge in [0, 0.05) is 10.6 Å². The first-order valence-electron chi connectivity index (χ1n) is 6.74. The quantitative estimate of drug-likeness (QED) is 0.689. The average molecular weight is 324 g/mol. The zero-order valence-electron chi connectivity index (χ0n) is 11.8. The van der Waals surface area contributed by atoms with E-state index in [0.717, 1.165) is 0 Å². The number of rotatable bonds is 4. The normalized spacial score (nSPS) is 11.7. The molecule has 0 aliphatic heterocycles. The zero-order valence-corrected chi connectivity index (χ0v) is 12.6. The van der Waals surface area contributed by atoms with E-state index >= 15 is 0 Å². The van der Waals surface area contributed by atoms with Gasteiger partial charge in [-0.25, -0.2) is 0 Å². The minimum Gasteiger partial charge on any atom is -0.292 e. The molecular weight excluding hydrogens is 314 g/mol. The van der Waals surface area contributed by atoms with Gasteiger partial charge in [0.2, 0.25) is 0 Å². The maximum Gasteiger partial charge on any atom is 0.187 e. The molecule has 1 aromatic heterocycles. The van der Waals surface area contributed by atoms with Crippen molar-refractivity contribution in [3.8, 4) is 11.8 Å². The predicted molar refractivity (Wildman–Crippen MR) is 83.3 cm³/mol. The van der Waals surface area contributed by atoms with Gasteiger partial charge in [-0.3, -0.25) is 4.79 Å². The molecular formula is C16H10ClN5O. The van der Waals surface area contributed by atoms with Gasteiger partial charge in [-0.15, -0.1) is 5.10 Å². The molecule has 0 aliphatic rings. The fourth-order valence-electron chi connectivity index (χ4n) is 2.17. The summed E-state index contributed by atoms with van der Waals surface area (Å²) in [5.41, 5.74) is 1.01. The van der Waals surface area contributed by atoms with Crippen molar-refractivity contribution in [3.63, 3.8) is 0 Å². The Hall–Kier alpha value is -3.04. The summed E-state index contributed by atoms with van der Waals surface area (Å²) in [6.45, 7) is 0. The van der Waals surface area contributed by atoms with Crippen LogP contribution in [0.5, 0.6) is 0 Å². The second-order valence-electron chi connectivity index (χ2n) is 4.72. The van der Waals surface area contributed by atoms with E-state index in [1.165, 1.54) is 10.7 Å². The third-order valence-corrected chi connectivity index (χ3v) is 3.49. The number of halogens is 1. The highest BCUT2D eigenvalue weighted by atomic mass is 35.5. The first-order valence-corrected chi connectivity index (χ1v) is 7.11. The molecule has 23 heavy (non-hydrogen) atoms. The summed E-state index contributed by atoms with van der Waals surface area (Å²) in [6.07, 6.45) is 0. The molecule has 1 atom stereocenters. The van der Waals surface area contributed by atoms with E-state index in [9.17, 15) is 10.1 Å². The van der Waals surface area contributed by atoms with Crippen LogP contribution in [0.4, 0.5) is 0 Å². The Bertz CT molecular complexity index is 885. The Balaban J connectivity index is 2.02. The summed E-state index contributed by atoms with van der Waals surface area (Å²) in [4.78, 5) is 12.6. The Morgan fingerprint density at radius 1 is 1.17 bits per heavy atom. The maximum atomic E-state index is 12.6. The maximum absolute atomic E-state index is 12.6. The van der Waals surface area contributed by atoms with Crippen molar-refractivity contribution < 1.29 is 4.79 Å². The highest BCUT2D eigenvalue weighted by Crippen LogP contribution is 2.22. The standard InChI is InChI=1S/C16H10ClN5O/c17-12-6-4-5-11(9-12)15(23)14(10-18)16-19-20-21-22(16)13-7-2-1-3-8-13/h1-9,14H/t14-/m0/s1. The Kier molecular flexibility index (Phi) is 4.13. The molecule has 0 saturated heterocycles. The largest absolute Gasteiger partial charge is 0.292 e.